The Bertz CT molecular complexity index is 1530. The number of benzene rings is 3. The first-order chi connectivity index (χ1) is 19.2. The number of para-hydroxylation sites is 1. The van der Waals surface area contributed by atoms with Gasteiger partial charge in [0.25, 0.3) is 0 Å². The molecule has 0 amide bonds. The zero-order valence-corrected chi connectivity index (χ0v) is 23.2. The number of methoxy groups -OCH3 is 1. The Hall–Kier alpha value is -4.39. The van der Waals surface area contributed by atoms with Crippen molar-refractivity contribution in [1.82, 2.24) is 4.57 Å². The van der Waals surface area contributed by atoms with Crippen LogP contribution in [0.1, 0.15) is 49.8 Å². The van der Waals surface area contributed by atoms with E-state index in [1.54, 1.807) is 27.0 Å². The molecule has 1 aliphatic carbocycles. The molecule has 1 heterocycles. The summed E-state index contributed by atoms with van der Waals surface area (Å²) in [6, 6.07) is 23.7. The summed E-state index contributed by atoms with van der Waals surface area (Å²) in [6.45, 7) is 5.59. The second-order valence-corrected chi connectivity index (χ2v) is 11.1. The van der Waals surface area contributed by atoms with Crippen LogP contribution in [-0.2, 0) is 30.2 Å². The summed E-state index contributed by atoms with van der Waals surface area (Å²) in [6.07, 6.45) is 1.22. The molecule has 1 aromatic heterocycles. The highest BCUT2D eigenvalue weighted by molar-refractivity contribution is 5.92. The highest BCUT2D eigenvalue weighted by Gasteiger charge is 2.31. The molecule has 1 aliphatic rings. The zero-order chi connectivity index (χ0) is 28.4. The number of rotatable bonds is 7. The van der Waals surface area contributed by atoms with E-state index in [2.05, 4.69) is 24.3 Å². The number of fused-ring (bicyclic) bond motifs is 4. The van der Waals surface area contributed by atoms with E-state index in [1.807, 2.05) is 48.5 Å². The molecule has 0 saturated heterocycles. The molecule has 40 heavy (non-hydrogen) atoms. The molecule has 0 spiro atoms. The molecule has 0 radical (unpaired) electrons. The lowest BCUT2D eigenvalue weighted by atomic mass is 9.95. The molecular weight excluding hydrogens is 506 g/mol. The van der Waals surface area contributed by atoms with Crippen LogP contribution < -0.4 is 0 Å². The van der Waals surface area contributed by atoms with Crippen LogP contribution in [0.25, 0.3) is 22.0 Å². The third-order valence-corrected chi connectivity index (χ3v) is 7.17. The Morgan fingerprint density at radius 2 is 1.48 bits per heavy atom. The van der Waals surface area contributed by atoms with Crippen LogP contribution in [-0.4, -0.2) is 41.9 Å². The Kier molecular flexibility index (Phi) is 7.48. The minimum absolute atomic E-state index is 0.0697. The Labute approximate surface area is 233 Å². The van der Waals surface area contributed by atoms with E-state index in [0.29, 0.717) is 5.52 Å². The predicted molar refractivity (Wildman–Crippen MR) is 152 cm³/mol. The van der Waals surface area contributed by atoms with Gasteiger partial charge in [-0.25, -0.2) is 4.79 Å². The first-order valence-corrected chi connectivity index (χ1v) is 13.4. The minimum atomic E-state index is -0.779. The highest BCUT2D eigenvalue weighted by atomic mass is 16.6. The fraction of sp³-hybridized carbons (Fsp3) is 0.303. The van der Waals surface area contributed by atoms with Gasteiger partial charge in [-0.2, -0.15) is 0 Å². The quantitative estimate of drug-likeness (QED) is 0.197. The van der Waals surface area contributed by atoms with Crippen molar-refractivity contribution >= 4 is 28.9 Å². The van der Waals surface area contributed by atoms with Gasteiger partial charge in [-0.3, -0.25) is 14.2 Å². The van der Waals surface area contributed by atoms with Gasteiger partial charge in [-0.05, 0) is 61.1 Å². The molecule has 7 nitrogen and oxygen atoms in total. The maximum absolute atomic E-state index is 13.1. The first-order valence-electron chi connectivity index (χ1n) is 13.4. The maximum Gasteiger partial charge on any atom is 0.419 e. The van der Waals surface area contributed by atoms with Gasteiger partial charge in [-0.1, -0.05) is 66.7 Å². The molecule has 0 fully saturated rings. The lowest BCUT2D eigenvalue weighted by Gasteiger charge is -2.19. The van der Waals surface area contributed by atoms with E-state index < -0.39 is 29.6 Å². The number of carbonyl (C=O) groups excluding carboxylic acids is 3. The number of nitrogens with zero attached hydrogens (tertiary/aromatic N) is 1. The van der Waals surface area contributed by atoms with Crippen molar-refractivity contribution in [2.75, 3.05) is 13.7 Å². The second-order valence-electron chi connectivity index (χ2n) is 11.1. The third kappa shape index (κ3) is 5.50. The highest BCUT2D eigenvalue weighted by Crippen LogP contribution is 2.44. The predicted octanol–water partition coefficient (Wildman–Crippen LogP) is 6.50. The van der Waals surface area contributed by atoms with E-state index in [1.165, 1.54) is 11.7 Å². The summed E-state index contributed by atoms with van der Waals surface area (Å²) < 4.78 is 17.8. The summed E-state index contributed by atoms with van der Waals surface area (Å²) in [4.78, 5) is 38.7. The van der Waals surface area contributed by atoms with Gasteiger partial charge in [0.15, 0.2) is 0 Å². The summed E-state index contributed by atoms with van der Waals surface area (Å²) >= 11 is 0. The number of ether oxygens (including phenoxy) is 3. The first kappa shape index (κ1) is 27.2. The van der Waals surface area contributed by atoms with Gasteiger partial charge >= 0.3 is 18.0 Å². The molecular formula is C33H33NO6. The molecule has 1 atom stereocenters. The Morgan fingerprint density at radius 1 is 0.875 bits per heavy atom. The molecule has 0 bridgehead atoms. The van der Waals surface area contributed by atoms with Gasteiger partial charge in [0, 0.05) is 17.5 Å². The van der Waals surface area contributed by atoms with Crippen molar-refractivity contribution < 1.29 is 28.6 Å². The van der Waals surface area contributed by atoms with Crippen LogP contribution in [0.2, 0.25) is 0 Å². The molecule has 206 valence electrons. The largest absolute Gasteiger partial charge is 0.469 e. The van der Waals surface area contributed by atoms with Crippen LogP contribution in [0.3, 0.4) is 0 Å². The molecule has 4 aromatic rings. The van der Waals surface area contributed by atoms with Crippen molar-refractivity contribution in [3.8, 4) is 11.1 Å². The monoisotopic (exact) mass is 539 g/mol. The third-order valence-electron chi connectivity index (χ3n) is 7.17. The zero-order valence-electron chi connectivity index (χ0n) is 23.2. The Balaban J connectivity index is 1.33. The van der Waals surface area contributed by atoms with Crippen molar-refractivity contribution in [2.24, 2.45) is 5.92 Å². The van der Waals surface area contributed by atoms with Crippen molar-refractivity contribution in [2.45, 2.75) is 45.1 Å². The number of esters is 2. The normalized spacial score (nSPS) is 13.4. The van der Waals surface area contributed by atoms with Crippen LogP contribution >= 0.6 is 0 Å². The van der Waals surface area contributed by atoms with E-state index in [-0.39, 0.29) is 25.4 Å². The number of hydrogen-bond donors (Lipinski definition) is 0. The van der Waals surface area contributed by atoms with Crippen molar-refractivity contribution in [3.63, 3.8) is 0 Å². The molecule has 7 heteroatoms. The summed E-state index contributed by atoms with van der Waals surface area (Å²) in [5.74, 6) is -1.84. The van der Waals surface area contributed by atoms with E-state index in [9.17, 15) is 14.4 Å². The van der Waals surface area contributed by atoms with Crippen molar-refractivity contribution in [1.29, 1.82) is 0 Å². The topological polar surface area (TPSA) is 83.8 Å². The molecule has 0 saturated carbocycles. The van der Waals surface area contributed by atoms with Gasteiger partial charge in [-0.15, -0.1) is 0 Å². The number of hydrogen-bond acceptors (Lipinski definition) is 6. The van der Waals surface area contributed by atoms with Crippen LogP contribution in [0.5, 0.6) is 0 Å². The molecule has 0 aliphatic heterocycles. The maximum atomic E-state index is 13.1. The molecule has 5 rings (SSSR count). The average Bonchev–Trinajstić information content (AvgIpc) is 3.46. The minimum Gasteiger partial charge on any atom is -0.469 e. The molecule has 0 N–H and O–H groups in total. The van der Waals surface area contributed by atoms with Crippen LogP contribution in [0, 0.1) is 5.92 Å². The van der Waals surface area contributed by atoms with Crippen molar-refractivity contribution in [3.05, 3.63) is 95.7 Å². The summed E-state index contributed by atoms with van der Waals surface area (Å²) in [5, 5.41) is 0.801. The van der Waals surface area contributed by atoms with E-state index >= 15 is 0 Å². The SMILES string of the molecule is COC(=O)[C@@H](CC(=O)OCC1c2ccccc2-c2ccccc21)Cc1cn(C(=O)OC(C)(C)C)c2ccccc12. The number of carbonyl (C=O) groups is 3. The van der Waals surface area contributed by atoms with Crippen LogP contribution in [0.4, 0.5) is 4.79 Å². The fourth-order valence-electron chi connectivity index (χ4n) is 5.42. The second kappa shape index (κ2) is 11.0. The molecule has 3 aromatic carbocycles. The van der Waals surface area contributed by atoms with Gasteiger partial charge in [0.05, 0.1) is 25.0 Å². The number of aromatic nitrogens is 1. The van der Waals surface area contributed by atoms with Gasteiger partial charge in [0.1, 0.15) is 12.2 Å². The Morgan fingerprint density at radius 3 is 2.10 bits per heavy atom. The van der Waals surface area contributed by atoms with E-state index in [4.69, 9.17) is 14.2 Å². The average molecular weight is 540 g/mol. The summed E-state index contributed by atoms with van der Waals surface area (Å²) in [5.41, 5.74) is 5.27. The lowest BCUT2D eigenvalue weighted by molar-refractivity contribution is -0.153. The van der Waals surface area contributed by atoms with Crippen LogP contribution in [0.15, 0.2) is 79.0 Å². The summed E-state index contributed by atoms with van der Waals surface area (Å²) in [7, 11) is 1.30. The van der Waals surface area contributed by atoms with E-state index in [0.717, 1.165) is 33.2 Å². The fourth-order valence-corrected chi connectivity index (χ4v) is 5.42. The smallest absolute Gasteiger partial charge is 0.419 e. The lowest BCUT2D eigenvalue weighted by Crippen LogP contribution is -2.26. The molecule has 0 unspecified atom stereocenters. The van der Waals surface area contributed by atoms with Gasteiger partial charge in [0.2, 0.25) is 0 Å². The standard InChI is InChI=1S/C33H33NO6/c1-33(2,3)40-32(37)34-19-22(23-11-9-10-16-29(23)34)17-21(31(36)38-4)18-30(35)39-20-28-26-14-7-5-12-24(26)25-13-6-8-15-27(25)28/h5-16,19,21,28H,17-18,20H2,1-4H3/t21-/m1/s1. The van der Waals surface area contributed by atoms with Gasteiger partial charge < -0.3 is 14.2 Å².